The number of H-pyrrole nitrogens is 1. The molecule has 2 N–H and O–H groups in total. The van der Waals surface area contributed by atoms with Gasteiger partial charge < -0.3 is 15.0 Å². The fraction of sp³-hybridized carbons (Fsp3) is 0.320. The highest BCUT2D eigenvalue weighted by Crippen LogP contribution is 2.24. The Labute approximate surface area is 191 Å². The predicted molar refractivity (Wildman–Crippen MR) is 126 cm³/mol. The van der Waals surface area contributed by atoms with Gasteiger partial charge in [-0.2, -0.15) is 5.26 Å². The number of fused-ring (bicyclic) bond motifs is 1. The third kappa shape index (κ3) is 5.71. The molecule has 1 amide bonds. The monoisotopic (exact) mass is 447 g/mol. The van der Waals surface area contributed by atoms with Crippen LogP contribution in [0.4, 0.5) is 0 Å². The molecule has 0 unspecified atom stereocenters. The van der Waals surface area contributed by atoms with Crippen LogP contribution in [0.3, 0.4) is 0 Å². The SMILES string of the molecule is N#Cc1ccc(OC2CCC(NC(=O)CCSc3cc4ccccc4c(=O)[nH]3)CC2)cc1. The minimum Gasteiger partial charge on any atom is -0.490 e. The number of nitrogens with zero attached hydrogens (tertiary/aromatic N) is 1. The van der Waals surface area contributed by atoms with Crippen molar-refractivity contribution >= 4 is 28.4 Å². The molecule has 3 aromatic rings. The Morgan fingerprint density at radius 1 is 1.12 bits per heavy atom. The summed E-state index contributed by atoms with van der Waals surface area (Å²) in [5.74, 6) is 1.43. The highest BCUT2D eigenvalue weighted by atomic mass is 32.2. The van der Waals surface area contributed by atoms with Crippen LogP contribution in [0.25, 0.3) is 10.8 Å². The molecule has 1 fully saturated rings. The third-order valence-corrected chi connectivity index (χ3v) is 6.58. The van der Waals surface area contributed by atoms with Crippen molar-refractivity contribution in [2.24, 2.45) is 0 Å². The molecule has 0 atom stereocenters. The highest BCUT2D eigenvalue weighted by Gasteiger charge is 2.23. The smallest absolute Gasteiger partial charge is 0.256 e. The number of carbonyl (C=O) groups excluding carboxylic acids is 1. The molecular weight excluding hydrogens is 422 g/mol. The summed E-state index contributed by atoms with van der Waals surface area (Å²) in [5.41, 5.74) is 0.518. The largest absolute Gasteiger partial charge is 0.490 e. The van der Waals surface area contributed by atoms with E-state index in [9.17, 15) is 9.59 Å². The molecule has 1 aliphatic rings. The number of aromatic amines is 1. The zero-order valence-electron chi connectivity index (χ0n) is 17.7. The first-order valence-electron chi connectivity index (χ1n) is 10.8. The van der Waals surface area contributed by atoms with Crippen molar-refractivity contribution in [1.29, 1.82) is 5.26 Å². The minimum atomic E-state index is -0.102. The van der Waals surface area contributed by atoms with Crippen LogP contribution in [0.2, 0.25) is 0 Å². The van der Waals surface area contributed by atoms with Crippen LogP contribution in [0.1, 0.15) is 37.7 Å². The molecule has 1 aliphatic carbocycles. The van der Waals surface area contributed by atoms with Gasteiger partial charge in [0.15, 0.2) is 0 Å². The first-order chi connectivity index (χ1) is 15.6. The second-order valence-corrected chi connectivity index (χ2v) is 9.08. The number of rotatable bonds is 7. The van der Waals surface area contributed by atoms with E-state index in [0.29, 0.717) is 23.1 Å². The zero-order chi connectivity index (χ0) is 22.3. The van der Waals surface area contributed by atoms with E-state index < -0.39 is 0 Å². The molecule has 32 heavy (non-hydrogen) atoms. The van der Waals surface area contributed by atoms with E-state index in [4.69, 9.17) is 10.00 Å². The average molecular weight is 448 g/mol. The van der Waals surface area contributed by atoms with Gasteiger partial charge in [0.25, 0.3) is 5.56 Å². The molecule has 2 aromatic carbocycles. The summed E-state index contributed by atoms with van der Waals surface area (Å²) in [4.78, 5) is 27.4. The van der Waals surface area contributed by atoms with Gasteiger partial charge >= 0.3 is 0 Å². The Hall–Kier alpha value is -3.24. The first kappa shape index (κ1) is 22.0. The maximum atomic E-state index is 12.4. The van der Waals surface area contributed by atoms with E-state index in [1.165, 1.54) is 11.8 Å². The van der Waals surface area contributed by atoms with Crippen LogP contribution in [0, 0.1) is 11.3 Å². The minimum absolute atomic E-state index is 0.0390. The zero-order valence-corrected chi connectivity index (χ0v) is 18.5. The lowest BCUT2D eigenvalue weighted by molar-refractivity contribution is -0.121. The molecule has 1 aromatic heterocycles. The normalized spacial score (nSPS) is 18.1. The number of nitrogens with one attached hydrogen (secondary N) is 2. The van der Waals surface area contributed by atoms with E-state index in [1.807, 2.05) is 36.4 Å². The average Bonchev–Trinajstić information content (AvgIpc) is 2.81. The van der Waals surface area contributed by atoms with Crippen LogP contribution in [-0.2, 0) is 4.79 Å². The Bertz CT molecular complexity index is 1180. The lowest BCUT2D eigenvalue weighted by Crippen LogP contribution is -2.39. The lowest BCUT2D eigenvalue weighted by Gasteiger charge is -2.29. The number of thioether (sulfide) groups is 1. The number of pyridine rings is 1. The lowest BCUT2D eigenvalue weighted by atomic mass is 9.93. The van der Waals surface area contributed by atoms with Gasteiger partial charge in [-0.25, -0.2) is 0 Å². The van der Waals surface area contributed by atoms with Gasteiger partial charge in [-0.1, -0.05) is 18.2 Å². The van der Waals surface area contributed by atoms with Crippen molar-refractivity contribution in [3.05, 3.63) is 70.5 Å². The molecule has 1 saturated carbocycles. The molecule has 0 radical (unpaired) electrons. The standard InChI is InChI=1S/C25H25N3O3S/c26-16-17-5-9-20(10-6-17)31-21-11-7-19(8-12-21)27-23(29)13-14-32-24-15-18-3-1-2-4-22(18)25(30)28-24/h1-6,9-10,15,19,21H,7-8,11-14H2,(H,27,29)(H,28,30). The fourth-order valence-electron chi connectivity index (χ4n) is 3.94. The summed E-state index contributed by atoms with van der Waals surface area (Å²) in [6.45, 7) is 0. The summed E-state index contributed by atoms with van der Waals surface area (Å²) in [6, 6.07) is 18.9. The molecule has 7 heteroatoms. The van der Waals surface area contributed by atoms with Crippen molar-refractivity contribution in [3.8, 4) is 11.8 Å². The van der Waals surface area contributed by atoms with Gasteiger partial charge in [0, 0.05) is 23.6 Å². The summed E-state index contributed by atoms with van der Waals surface area (Å²) in [5, 5.41) is 14.4. The van der Waals surface area contributed by atoms with E-state index in [-0.39, 0.29) is 23.6 Å². The van der Waals surface area contributed by atoms with E-state index in [2.05, 4.69) is 16.4 Å². The molecule has 1 heterocycles. The van der Waals surface area contributed by atoms with Crippen LogP contribution in [-0.4, -0.2) is 28.8 Å². The van der Waals surface area contributed by atoms with Crippen LogP contribution < -0.4 is 15.6 Å². The van der Waals surface area contributed by atoms with Crippen molar-refractivity contribution in [2.75, 3.05) is 5.75 Å². The number of benzene rings is 2. The second-order valence-electron chi connectivity index (χ2n) is 7.94. The summed E-state index contributed by atoms with van der Waals surface area (Å²) in [7, 11) is 0. The summed E-state index contributed by atoms with van der Waals surface area (Å²) in [6.07, 6.45) is 4.09. The van der Waals surface area contributed by atoms with Crippen LogP contribution >= 0.6 is 11.8 Å². The molecule has 0 aliphatic heterocycles. The van der Waals surface area contributed by atoms with E-state index in [0.717, 1.165) is 41.8 Å². The van der Waals surface area contributed by atoms with E-state index in [1.54, 1.807) is 18.2 Å². The maximum Gasteiger partial charge on any atom is 0.256 e. The fourth-order valence-corrected chi connectivity index (χ4v) is 4.83. The highest BCUT2D eigenvalue weighted by molar-refractivity contribution is 7.99. The van der Waals surface area contributed by atoms with Crippen LogP contribution in [0.5, 0.6) is 5.75 Å². The number of aromatic nitrogens is 1. The number of carbonyl (C=O) groups is 1. The molecular formula is C25H25N3O3S. The van der Waals surface area contributed by atoms with Gasteiger partial charge in [0.1, 0.15) is 5.75 Å². The van der Waals surface area contributed by atoms with Crippen molar-refractivity contribution < 1.29 is 9.53 Å². The quantitative estimate of drug-likeness (QED) is 0.524. The predicted octanol–water partition coefficient (Wildman–Crippen LogP) is 4.39. The number of amides is 1. The van der Waals surface area contributed by atoms with Gasteiger partial charge in [-0.15, -0.1) is 11.8 Å². The van der Waals surface area contributed by atoms with Crippen molar-refractivity contribution in [3.63, 3.8) is 0 Å². The van der Waals surface area contributed by atoms with Gasteiger partial charge in [0.2, 0.25) is 5.91 Å². The molecule has 0 spiro atoms. The Kier molecular flexibility index (Phi) is 7.13. The van der Waals surface area contributed by atoms with Gasteiger partial charge in [-0.3, -0.25) is 9.59 Å². The Morgan fingerprint density at radius 2 is 1.88 bits per heavy atom. The van der Waals surface area contributed by atoms with Crippen LogP contribution in [0.15, 0.2) is 64.4 Å². The second kappa shape index (κ2) is 10.4. The first-order valence-corrected chi connectivity index (χ1v) is 11.8. The number of ether oxygens (including phenoxy) is 1. The van der Waals surface area contributed by atoms with Crippen molar-refractivity contribution in [1.82, 2.24) is 10.3 Å². The molecule has 0 saturated heterocycles. The summed E-state index contributed by atoms with van der Waals surface area (Å²) >= 11 is 1.49. The Balaban J connectivity index is 1.18. The van der Waals surface area contributed by atoms with Crippen molar-refractivity contribution in [2.45, 2.75) is 49.3 Å². The van der Waals surface area contributed by atoms with Gasteiger partial charge in [-0.05, 0) is 67.5 Å². The number of hydrogen-bond acceptors (Lipinski definition) is 5. The number of hydrogen-bond donors (Lipinski definition) is 2. The molecule has 4 rings (SSSR count). The molecule has 6 nitrogen and oxygen atoms in total. The van der Waals surface area contributed by atoms with Gasteiger partial charge in [0.05, 0.1) is 22.8 Å². The molecule has 164 valence electrons. The number of nitriles is 1. The maximum absolute atomic E-state index is 12.4. The third-order valence-electron chi connectivity index (χ3n) is 5.64. The molecule has 0 bridgehead atoms. The Morgan fingerprint density at radius 3 is 2.62 bits per heavy atom. The summed E-state index contributed by atoms with van der Waals surface area (Å²) < 4.78 is 6.01. The van der Waals surface area contributed by atoms with E-state index >= 15 is 0 Å². The topological polar surface area (TPSA) is 95.0 Å².